The first-order chi connectivity index (χ1) is 11.1. The van der Waals surface area contributed by atoms with Crippen LogP contribution in [0.25, 0.3) is 10.9 Å². The van der Waals surface area contributed by atoms with E-state index in [2.05, 4.69) is 10.00 Å². The molecule has 2 aromatic rings. The Morgan fingerprint density at radius 2 is 2.13 bits per heavy atom. The Hall–Kier alpha value is -2.22. The third-order valence-corrected chi connectivity index (χ3v) is 3.72. The quantitative estimate of drug-likeness (QED) is 0.808. The molecule has 1 aliphatic heterocycles. The van der Waals surface area contributed by atoms with Gasteiger partial charge in [0.1, 0.15) is 0 Å². The first-order valence-corrected chi connectivity index (χ1v) is 7.42. The van der Waals surface area contributed by atoms with Gasteiger partial charge in [0.25, 0.3) is 0 Å². The summed E-state index contributed by atoms with van der Waals surface area (Å²) in [6.45, 7) is 1.56. The highest BCUT2D eigenvalue weighted by atomic mass is 19.3. The summed E-state index contributed by atoms with van der Waals surface area (Å²) in [7, 11) is 0. The fraction of sp³-hybridized carbons (Fsp3) is 0.467. The molecule has 23 heavy (non-hydrogen) atoms. The van der Waals surface area contributed by atoms with E-state index in [1.54, 1.807) is 25.1 Å². The van der Waals surface area contributed by atoms with Gasteiger partial charge in [0.15, 0.2) is 5.69 Å². The van der Waals surface area contributed by atoms with E-state index < -0.39 is 12.5 Å². The third kappa shape index (κ3) is 2.98. The first kappa shape index (κ1) is 15.7. The molecule has 0 radical (unpaired) electrons. The van der Waals surface area contributed by atoms with Gasteiger partial charge < -0.3 is 14.4 Å². The Morgan fingerprint density at radius 1 is 1.39 bits per heavy atom. The van der Waals surface area contributed by atoms with Gasteiger partial charge in [0, 0.05) is 24.2 Å². The van der Waals surface area contributed by atoms with Crippen molar-refractivity contribution in [3.63, 3.8) is 0 Å². The summed E-state index contributed by atoms with van der Waals surface area (Å²) in [4.78, 5) is 14.0. The molecule has 2 heterocycles. The maximum Gasteiger partial charge on any atom is 0.359 e. The van der Waals surface area contributed by atoms with Gasteiger partial charge in [0.05, 0.1) is 25.3 Å². The van der Waals surface area contributed by atoms with Crippen molar-refractivity contribution in [3.05, 3.63) is 23.9 Å². The third-order valence-electron chi connectivity index (χ3n) is 3.72. The van der Waals surface area contributed by atoms with Crippen molar-refractivity contribution in [2.75, 3.05) is 37.8 Å². The minimum Gasteiger partial charge on any atom is -0.461 e. The van der Waals surface area contributed by atoms with Crippen LogP contribution < -0.4 is 4.90 Å². The summed E-state index contributed by atoms with van der Waals surface area (Å²) < 4.78 is 37.2. The van der Waals surface area contributed by atoms with Crippen molar-refractivity contribution >= 4 is 22.6 Å². The number of esters is 1. The summed E-state index contributed by atoms with van der Waals surface area (Å²) in [5, 5.41) is 4.10. The van der Waals surface area contributed by atoms with E-state index in [0.717, 1.165) is 5.69 Å². The fourth-order valence-electron chi connectivity index (χ4n) is 2.64. The first-order valence-electron chi connectivity index (χ1n) is 7.42. The normalized spacial score (nSPS) is 15.4. The Kier molecular flexibility index (Phi) is 4.42. The van der Waals surface area contributed by atoms with E-state index in [4.69, 9.17) is 9.47 Å². The number of hydrogen-bond donors (Lipinski definition) is 0. The molecule has 124 valence electrons. The summed E-state index contributed by atoms with van der Waals surface area (Å²) in [6.07, 6.45) is 0. The zero-order chi connectivity index (χ0) is 16.4. The summed E-state index contributed by atoms with van der Waals surface area (Å²) in [6, 6.07) is 5.06. The van der Waals surface area contributed by atoms with Gasteiger partial charge in [-0.3, -0.25) is 0 Å². The number of carbonyl (C=O) groups excluding carboxylic acids is 1. The number of aromatic nitrogens is 2. The van der Waals surface area contributed by atoms with Gasteiger partial charge in [-0.05, 0) is 25.1 Å². The molecule has 0 atom stereocenters. The van der Waals surface area contributed by atoms with Crippen molar-refractivity contribution in [3.8, 4) is 0 Å². The number of hydrogen-bond acceptors (Lipinski definition) is 5. The number of fused-ring (bicyclic) bond motifs is 1. The summed E-state index contributed by atoms with van der Waals surface area (Å²) >= 11 is 0. The molecule has 1 aliphatic rings. The minimum absolute atomic E-state index is 0.0873. The zero-order valence-corrected chi connectivity index (χ0v) is 12.7. The molecule has 0 spiro atoms. The molecule has 0 unspecified atom stereocenters. The summed E-state index contributed by atoms with van der Waals surface area (Å²) in [5.41, 5.74) is 0.931. The van der Waals surface area contributed by atoms with E-state index in [1.807, 2.05) is 0 Å². The van der Waals surface area contributed by atoms with Crippen molar-refractivity contribution in [1.82, 2.24) is 9.78 Å². The monoisotopic (exact) mass is 325 g/mol. The molecule has 1 fully saturated rings. The second-order valence-electron chi connectivity index (χ2n) is 5.09. The average molecular weight is 325 g/mol. The van der Waals surface area contributed by atoms with Crippen LogP contribution in [0.5, 0.6) is 0 Å². The molecule has 0 saturated carbocycles. The van der Waals surface area contributed by atoms with Crippen LogP contribution in [0.15, 0.2) is 18.2 Å². The van der Waals surface area contributed by atoms with Crippen LogP contribution in [-0.4, -0.2) is 48.7 Å². The lowest BCUT2D eigenvalue weighted by Gasteiger charge is -2.28. The fourth-order valence-corrected chi connectivity index (χ4v) is 2.64. The van der Waals surface area contributed by atoms with Crippen LogP contribution in [0.3, 0.4) is 0 Å². The number of halogens is 2. The largest absolute Gasteiger partial charge is 0.461 e. The van der Waals surface area contributed by atoms with Gasteiger partial charge in [-0.2, -0.15) is 13.9 Å². The minimum atomic E-state index is -2.83. The zero-order valence-electron chi connectivity index (χ0n) is 12.7. The second-order valence-corrected chi connectivity index (χ2v) is 5.09. The van der Waals surface area contributed by atoms with Crippen LogP contribution >= 0.6 is 0 Å². The van der Waals surface area contributed by atoms with Gasteiger partial charge in [-0.15, -0.1) is 0 Å². The average Bonchev–Trinajstić information content (AvgIpc) is 2.95. The molecular weight excluding hydrogens is 308 g/mol. The molecule has 1 aromatic carbocycles. The van der Waals surface area contributed by atoms with Crippen LogP contribution in [-0.2, 0) is 9.47 Å². The molecule has 1 aromatic heterocycles. The molecular formula is C15H17F2N3O3. The van der Waals surface area contributed by atoms with Crippen LogP contribution in [0.1, 0.15) is 24.0 Å². The molecule has 0 aliphatic carbocycles. The lowest BCUT2D eigenvalue weighted by atomic mass is 10.1. The molecule has 1 saturated heterocycles. The topological polar surface area (TPSA) is 56.6 Å². The van der Waals surface area contributed by atoms with Crippen LogP contribution in [0.4, 0.5) is 14.5 Å². The standard InChI is InChI=1S/C15H17F2N3O3/c1-2-23-14(21)13-11-4-3-10(19-5-7-22-8-6-19)9-12(11)20(18-13)15(16)17/h3-4,9,15H,2,5-8H2,1H3. The smallest absolute Gasteiger partial charge is 0.359 e. The van der Waals surface area contributed by atoms with Crippen molar-refractivity contribution in [2.24, 2.45) is 0 Å². The highest BCUT2D eigenvalue weighted by molar-refractivity contribution is 6.02. The number of alkyl halides is 2. The van der Waals surface area contributed by atoms with Gasteiger partial charge in [0.2, 0.25) is 0 Å². The number of benzene rings is 1. The number of anilines is 1. The van der Waals surface area contributed by atoms with Crippen molar-refractivity contribution in [2.45, 2.75) is 13.5 Å². The Balaban J connectivity index is 2.06. The molecule has 3 rings (SSSR count). The SMILES string of the molecule is CCOC(=O)c1nn(C(F)F)c2cc(N3CCOCC3)ccc12. The summed E-state index contributed by atoms with van der Waals surface area (Å²) in [5.74, 6) is -0.698. The van der Waals surface area contributed by atoms with Crippen LogP contribution in [0.2, 0.25) is 0 Å². The van der Waals surface area contributed by atoms with E-state index in [1.165, 1.54) is 0 Å². The number of nitrogens with zero attached hydrogens (tertiary/aromatic N) is 3. The Morgan fingerprint density at radius 3 is 2.78 bits per heavy atom. The molecule has 0 amide bonds. The Bertz CT molecular complexity index is 711. The van der Waals surface area contributed by atoms with Gasteiger partial charge in [-0.1, -0.05) is 0 Å². The van der Waals surface area contributed by atoms with E-state index in [-0.39, 0.29) is 17.8 Å². The molecule has 0 bridgehead atoms. The van der Waals surface area contributed by atoms with E-state index >= 15 is 0 Å². The molecule has 0 N–H and O–H groups in total. The van der Waals surface area contributed by atoms with Crippen LogP contribution in [0, 0.1) is 0 Å². The molecule has 8 heteroatoms. The maximum absolute atomic E-state index is 13.2. The highest BCUT2D eigenvalue weighted by Crippen LogP contribution is 2.28. The number of morpholine rings is 1. The lowest BCUT2D eigenvalue weighted by molar-refractivity contribution is 0.0492. The maximum atomic E-state index is 13.2. The number of rotatable bonds is 4. The van der Waals surface area contributed by atoms with E-state index in [9.17, 15) is 13.6 Å². The Labute approximate surface area is 131 Å². The van der Waals surface area contributed by atoms with Gasteiger partial charge >= 0.3 is 12.5 Å². The van der Waals surface area contributed by atoms with Crippen molar-refractivity contribution in [1.29, 1.82) is 0 Å². The predicted octanol–water partition coefficient (Wildman–Crippen LogP) is 2.44. The van der Waals surface area contributed by atoms with Crippen molar-refractivity contribution < 1.29 is 23.0 Å². The number of carbonyl (C=O) groups is 1. The predicted molar refractivity (Wildman–Crippen MR) is 80.0 cm³/mol. The molecule has 6 nitrogen and oxygen atoms in total. The highest BCUT2D eigenvalue weighted by Gasteiger charge is 2.23. The number of ether oxygens (including phenoxy) is 2. The van der Waals surface area contributed by atoms with Gasteiger partial charge in [-0.25, -0.2) is 9.48 Å². The second kappa shape index (κ2) is 6.49. The lowest BCUT2D eigenvalue weighted by Crippen LogP contribution is -2.36. The van der Waals surface area contributed by atoms with E-state index in [0.29, 0.717) is 36.4 Å².